The van der Waals surface area contributed by atoms with E-state index in [2.05, 4.69) is 4.98 Å². The summed E-state index contributed by atoms with van der Waals surface area (Å²) in [7, 11) is 1.44. The van der Waals surface area contributed by atoms with E-state index >= 15 is 0 Å². The van der Waals surface area contributed by atoms with E-state index in [4.69, 9.17) is 5.11 Å². The van der Waals surface area contributed by atoms with E-state index in [1.54, 1.807) is 6.07 Å². The molecule has 0 atom stereocenters. The fourth-order valence-corrected chi connectivity index (χ4v) is 2.07. The Morgan fingerprint density at radius 2 is 1.95 bits per heavy atom. The maximum Gasteiger partial charge on any atom is 0.407 e. The van der Waals surface area contributed by atoms with Gasteiger partial charge in [-0.1, -0.05) is 27.7 Å². The van der Waals surface area contributed by atoms with E-state index in [1.807, 2.05) is 27.7 Å². The number of aromatic nitrogens is 1. The molecule has 0 aromatic carbocycles. The van der Waals surface area contributed by atoms with E-state index < -0.39 is 11.0 Å². The van der Waals surface area contributed by atoms with Gasteiger partial charge in [-0.25, -0.2) is 9.78 Å². The normalized spacial score (nSPS) is 11.0. The van der Waals surface area contributed by atoms with Crippen LogP contribution in [0.5, 0.6) is 0 Å². The summed E-state index contributed by atoms with van der Waals surface area (Å²) in [5.41, 5.74) is 1.56. The number of hydrogen-bond donors (Lipinski definition) is 1. The van der Waals surface area contributed by atoms with Gasteiger partial charge in [0.05, 0.1) is 17.2 Å². The molecule has 0 unspecified atom stereocenters. The first kappa shape index (κ1) is 16.9. The lowest BCUT2D eigenvalue weighted by Crippen LogP contribution is -2.25. The van der Waals surface area contributed by atoms with Crippen molar-refractivity contribution in [3.05, 3.63) is 33.1 Å². The van der Waals surface area contributed by atoms with Crippen LogP contribution in [0.2, 0.25) is 0 Å². The van der Waals surface area contributed by atoms with Crippen LogP contribution in [0.25, 0.3) is 0 Å². The van der Waals surface area contributed by atoms with Crippen molar-refractivity contribution in [2.45, 2.75) is 46.1 Å². The number of rotatable bonds is 5. The van der Waals surface area contributed by atoms with E-state index in [1.165, 1.54) is 7.05 Å². The Balaban J connectivity index is 3.43. The van der Waals surface area contributed by atoms with Gasteiger partial charge in [-0.2, -0.15) is 0 Å². The standard InChI is InChI=1S/C14H21N3O4/c1-8(2)11-6-10(7-16(5)14(18)19)15-12(9(3)4)13(11)17(20)21/h6,8-9H,7H2,1-5H3,(H,18,19). The quantitative estimate of drug-likeness (QED) is 0.663. The van der Waals surface area contributed by atoms with Crippen molar-refractivity contribution in [1.29, 1.82) is 0 Å². The van der Waals surface area contributed by atoms with Crippen LogP contribution in [0.1, 0.15) is 56.5 Å². The third-order valence-corrected chi connectivity index (χ3v) is 3.18. The number of carboxylic acid groups (broad SMARTS) is 1. The van der Waals surface area contributed by atoms with Crippen molar-refractivity contribution in [3.8, 4) is 0 Å². The Kier molecular flexibility index (Phi) is 5.23. The van der Waals surface area contributed by atoms with Gasteiger partial charge < -0.3 is 10.0 Å². The Labute approximate surface area is 123 Å². The van der Waals surface area contributed by atoms with Crippen molar-refractivity contribution >= 4 is 11.8 Å². The molecule has 0 aliphatic heterocycles. The molecule has 1 N–H and O–H groups in total. The van der Waals surface area contributed by atoms with Crippen LogP contribution in [0, 0.1) is 10.1 Å². The summed E-state index contributed by atoms with van der Waals surface area (Å²) in [4.78, 5) is 27.3. The Hall–Kier alpha value is -2.18. The molecule has 1 rings (SSSR count). The third-order valence-electron chi connectivity index (χ3n) is 3.18. The van der Waals surface area contributed by atoms with Gasteiger partial charge in [-0.3, -0.25) is 10.1 Å². The summed E-state index contributed by atoms with van der Waals surface area (Å²) in [5, 5.41) is 20.3. The summed E-state index contributed by atoms with van der Waals surface area (Å²) >= 11 is 0. The van der Waals surface area contributed by atoms with Crippen molar-refractivity contribution < 1.29 is 14.8 Å². The maximum atomic E-state index is 11.4. The Morgan fingerprint density at radius 1 is 1.38 bits per heavy atom. The van der Waals surface area contributed by atoms with Gasteiger partial charge in [0.25, 0.3) is 5.69 Å². The van der Waals surface area contributed by atoms with E-state index in [9.17, 15) is 14.9 Å². The maximum absolute atomic E-state index is 11.4. The second kappa shape index (κ2) is 6.51. The van der Waals surface area contributed by atoms with Crippen LogP contribution in [-0.2, 0) is 6.54 Å². The smallest absolute Gasteiger partial charge is 0.407 e. The summed E-state index contributed by atoms with van der Waals surface area (Å²) in [6.07, 6.45) is -1.06. The minimum absolute atomic E-state index is 0.0419. The average molecular weight is 295 g/mol. The number of nitro groups is 1. The summed E-state index contributed by atoms with van der Waals surface area (Å²) in [6.45, 7) is 7.52. The van der Waals surface area contributed by atoms with E-state index in [-0.39, 0.29) is 24.1 Å². The Morgan fingerprint density at radius 3 is 2.33 bits per heavy atom. The average Bonchev–Trinajstić information content (AvgIpc) is 2.36. The third kappa shape index (κ3) is 3.90. The number of amides is 1. The summed E-state index contributed by atoms with van der Waals surface area (Å²) in [6, 6.07) is 1.63. The first-order valence-corrected chi connectivity index (χ1v) is 6.77. The lowest BCUT2D eigenvalue weighted by atomic mass is 9.96. The van der Waals surface area contributed by atoms with Gasteiger partial charge in [0.15, 0.2) is 0 Å². The monoisotopic (exact) mass is 295 g/mol. The fraction of sp³-hybridized carbons (Fsp3) is 0.571. The van der Waals surface area contributed by atoms with Gasteiger partial charge in [0.1, 0.15) is 5.69 Å². The molecule has 0 radical (unpaired) electrons. The first-order valence-electron chi connectivity index (χ1n) is 6.77. The molecule has 1 aromatic rings. The molecular weight excluding hydrogens is 274 g/mol. The summed E-state index contributed by atoms with van der Waals surface area (Å²) < 4.78 is 0. The summed E-state index contributed by atoms with van der Waals surface area (Å²) in [5.74, 6) is -0.155. The van der Waals surface area contributed by atoms with Crippen molar-refractivity contribution in [1.82, 2.24) is 9.88 Å². The minimum atomic E-state index is -1.06. The highest BCUT2D eigenvalue weighted by Gasteiger charge is 2.26. The molecule has 7 nitrogen and oxygen atoms in total. The SMILES string of the molecule is CC(C)c1cc(CN(C)C(=O)O)nc(C(C)C)c1[N+](=O)[O-]. The molecule has 0 bridgehead atoms. The molecule has 7 heteroatoms. The fourth-order valence-electron chi connectivity index (χ4n) is 2.07. The number of nitrogens with zero attached hydrogens (tertiary/aromatic N) is 3. The largest absolute Gasteiger partial charge is 0.465 e. The van der Waals surface area contributed by atoms with Crippen LogP contribution >= 0.6 is 0 Å². The first-order chi connectivity index (χ1) is 9.65. The molecule has 0 saturated carbocycles. The van der Waals surface area contributed by atoms with Gasteiger partial charge >= 0.3 is 6.09 Å². The number of pyridine rings is 1. The molecule has 1 amide bonds. The predicted molar refractivity (Wildman–Crippen MR) is 78.6 cm³/mol. The van der Waals surface area contributed by atoms with E-state index in [0.717, 1.165) is 4.90 Å². The van der Waals surface area contributed by atoms with Gasteiger partial charge in [-0.15, -0.1) is 0 Å². The molecule has 0 fully saturated rings. The van der Waals surface area contributed by atoms with Crippen molar-refractivity contribution in [3.63, 3.8) is 0 Å². The van der Waals surface area contributed by atoms with Gasteiger partial charge in [-0.05, 0) is 12.0 Å². The van der Waals surface area contributed by atoms with Crippen LogP contribution in [0.3, 0.4) is 0 Å². The lowest BCUT2D eigenvalue weighted by molar-refractivity contribution is -0.386. The predicted octanol–water partition coefficient (Wildman–Crippen LogP) is 3.35. The molecule has 1 heterocycles. The lowest BCUT2D eigenvalue weighted by Gasteiger charge is -2.17. The topological polar surface area (TPSA) is 96.6 Å². The second-order valence-electron chi connectivity index (χ2n) is 5.64. The molecular formula is C14H21N3O4. The second-order valence-corrected chi connectivity index (χ2v) is 5.64. The molecule has 21 heavy (non-hydrogen) atoms. The zero-order valence-corrected chi connectivity index (χ0v) is 13.0. The zero-order valence-electron chi connectivity index (χ0n) is 13.0. The molecule has 0 spiro atoms. The highest BCUT2D eigenvalue weighted by molar-refractivity contribution is 5.64. The van der Waals surface area contributed by atoms with E-state index in [0.29, 0.717) is 17.0 Å². The van der Waals surface area contributed by atoms with Gasteiger partial charge in [0, 0.05) is 18.5 Å². The van der Waals surface area contributed by atoms with Crippen LogP contribution < -0.4 is 0 Å². The van der Waals surface area contributed by atoms with Crippen molar-refractivity contribution in [2.24, 2.45) is 0 Å². The molecule has 116 valence electrons. The molecule has 1 aromatic heterocycles. The number of carbonyl (C=O) groups is 1. The minimum Gasteiger partial charge on any atom is -0.465 e. The highest BCUT2D eigenvalue weighted by atomic mass is 16.6. The van der Waals surface area contributed by atoms with Gasteiger partial charge in [0.2, 0.25) is 0 Å². The van der Waals surface area contributed by atoms with Crippen LogP contribution in [0.15, 0.2) is 6.07 Å². The van der Waals surface area contributed by atoms with Crippen molar-refractivity contribution in [2.75, 3.05) is 7.05 Å². The zero-order chi connectivity index (χ0) is 16.3. The van der Waals surface area contributed by atoms with Crippen LogP contribution in [-0.4, -0.2) is 33.1 Å². The molecule has 0 saturated heterocycles. The van der Waals surface area contributed by atoms with Crippen LogP contribution in [0.4, 0.5) is 10.5 Å². The number of hydrogen-bond acceptors (Lipinski definition) is 4. The highest BCUT2D eigenvalue weighted by Crippen LogP contribution is 2.33. The molecule has 0 aliphatic carbocycles. The Bertz CT molecular complexity index is 526. The molecule has 0 aliphatic rings.